The number of rotatable bonds is 9. The molecule has 0 saturated heterocycles. The average Bonchev–Trinajstić information content (AvgIpc) is 4.19. The van der Waals surface area contributed by atoms with Gasteiger partial charge < -0.3 is 9.13 Å². The Balaban J connectivity index is 1.04. The van der Waals surface area contributed by atoms with Crippen molar-refractivity contribution in [2.75, 3.05) is 0 Å². The second kappa shape index (κ2) is 18.8. The molecule has 0 fully saturated rings. The maximum Gasteiger partial charge on any atom is 0.164 e. The summed E-state index contributed by atoms with van der Waals surface area (Å²) in [6.45, 7) is 3.74. The molecule has 0 unspecified atom stereocenters. The number of fused-ring (bicyclic) bond motifs is 6. The van der Waals surface area contributed by atoms with Crippen LogP contribution in [0.1, 0.15) is 17.2 Å². The summed E-state index contributed by atoms with van der Waals surface area (Å²) in [5.74, 6) is 4.91. The van der Waals surface area contributed by atoms with Crippen LogP contribution >= 0.6 is 0 Å². The Kier molecular flexibility index (Phi) is 11.0. The molecule has 0 saturated carbocycles. The van der Waals surface area contributed by atoms with Gasteiger partial charge in [0.2, 0.25) is 0 Å². The van der Waals surface area contributed by atoms with Crippen molar-refractivity contribution in [3.05, 3.63) is 236 Å². The first-order chi connectivity index (χ1) is 38.4. The smallest absolute Gasteiger partial charge is 0.164 e. The van der Waals surface area contributed by atoms with Gasteiger partial charge in [-0.25, -0.2) is 44.9 Å². The summed E-state index contributed by atoms with van der Waals surface area (Å²) in [6, 6.07) is 75.8. The highest BCUT2D eigenvalue weighted by molar-refractivity contribution is 6.12. The molecule has 0 N–H and O–H groups in total. The molecule has 0 radical (unpaired) electrons. The monoisotopic (exact) mass is 1000 g/mol. The van der Waals surface area contributed by atoms with Gasteiger partial charge in [0.05, 0.1) is 33.4 Å². The molecule has 5 aromatic heterocycles. The lowest BCUT2D eigenvalue weighted by molar-refractivity contribution is 0.927. The molecule has 12 nitrogen and oxygen atoms in total. The largest absolute Gasteiger partial charge is 0.308 e. The second-order valence-electron chi connectivity index (χ2n) is 19.0. The molecule has 0 amide bonds. The maximum absolute atomic E-state index is 11.9. The van der Waals surface area contributed by atoms with Crippen molar-refractivity contribution in [1.29, 1.82) is 5.26 Å². The predicted octanol–water partition coefficient (Wildman–Crippen LogP) is 14.6. The van der Waals surface area contributed by atoms with Crippen molar-refractivity contribution in [2.24, 2.45) is 0 Å². The third-order valence-corrected chi connectivity index (χ3v) is 14.1. The Morgan fingerprint density at radius 3 is 0.949 bits per heavy atom. The molecule has 0 aliphatic carbocycles. The number of nitriles is 1. The molecular formula is C66H42N12. The standard InChI is InChI=1S/C66H42N12/c1-40-68-41(2)70-66(69-40)48-37-58(77-54-29-17-15-27-49(54)51-33-31-46(35-56(51)77)64-73-60(42-19-7-3-8-20-42)71-61(74-64)43-21-9-4-10-22-43)53(39-67)59(38-48)78-55-30-18-16-28-50(55)52-34-32-47(36-57(52)78)65-75-62(44-23-11-5-12-24-44)72-63(76-65)45-25-13-6-14-26-45/h3-38H,1-2H3. The summed E-state index contributed by atoms with van der Waals surface area (Å²) in [5.41, 5.74) is 11.0. The van der Waals surface area contributed by atoms with Gasteiger partial charge in [0.25, 0.3) is 0 Å². The minimum atomic E-state index is 0.429. The molecule has 78 heavy (non-hydrogen) atoms. The van der Waals surface area contributed by atoms with Crippen LogP contribution in [0.4, 0.5) is 0 Å². The molecule has 366 valence electrons. The number of aryl methyl sites for hydroxylation is 2. The number of nitrogens with zero attached hydrogens (tertiary/aromatic N) is 12. The van der Waals surface area contributed by atoms with Gasteiger partial charge in [-0.15, -0.1) is 0 Å². The lowest BCUT2D eigenvalue weighted by atomic mass is 10.0. The molecule has 0 spiro atoms. The molecule has 12 heteroatoms. The number of hydrogen-bond donors (Lipinski definition) is 0. The summed E-state index contributed by atoms with van der Waals surface area (Å²) in [5, 5.41) is 15.9. The maximum atomic E-state index is 11.9. The van der Waals surface area contributed by atoms with Crippen molar-refractivity contribution in [3.8, 4) is 97.2 Å². The normalized spacial score (nSPS) is 11.4. The van der Waals surface area contributed by atoms with E-state index in [9.17, 15) is 5.26 Å². The average molecular weight is 1000 g/mol. The summed E-state index contributed by atoms with van der Waals surface area (Å²) in [4.78, 5) is 44.8. The van der Waals surface area contributed by atoms with Gasteiger partial charge in [0, 0.05) is 60.5 Å². The van der Waals surface area contributed by atoms with Gasteiger partial charge in [0.15, 0.2) is 40.8 Å². The number of hydrogen-bond acceptors (Lipinski definition) is 10. The molecular weight excluding hydrogens is 961 g/mol. The van der Waals surface area contributed by atoms with Gasteiger partial charge in [0.1, 0.15) is 23.3 Å². The van der Waals surface area contributed by atoms with E-state index in [0.717, 1.165) is 77.0 Å². The highest BCUT2D eigenvalue weighted by atomic mass is 15.1. The van der Waals surface area contributed by atoms with Crippen molar-refractivity contribution in [1.82, 2.24) is 54.0 Å². The van der Waals surface area contributed by atoms with Crippen LogP contribution in [0.3, 0.4) is 0 Å². The van der Waals surface area contributed by atoms with Crippen molar-refractivity contribution in [2.45, 2.75) is 13.8 Å². The molecule has 14 rings (SSSR count). The van der Waals surface area contributed by atoms with Gasteiger partial charge >= 0.3 is 0 Å². The Morgan fingerprint density at radius 1 is 0.282 bits per heavy atom. The summed E-state index contributed by atoms with van der Waals surface area (Å²) < 4.78 is 4.36. The van der Waals surface area contributed by atoms with Gasteiger partial charge in [-0.05, 0) is 50.2 Å². The lowest BCUT2D eigenvalue weighted by Gasteiger charge is -2.18. The van der Waals surface area contributed by atoms with Crippen LogP contribution < -0.4 is 0 Å². The van der Waals surface area contributed by atoms with Crippen LogP contribution in [0, 0.1) is 25.2 Å². The summed E-state index contributed by atoms with van der Waals surface area (Å²) >= 11 is 0. The Hall–Kier alpha value is -10.9. The zero-order valence-electron chi connectivity index (χ0n) is 42.2. The first kappa shape index (κ1) is 45.7. The minimum absolute atomic E-state index is 0.429. The van der Waals surface area contributed by atoms with E-state index >= 15 is 0 Å². The quantitative estimate of drug-likeness (QED) is 0.137. The van der Waals surface area contributed by atoms with Gasteiger partial charge in [-0.1, -0.05) is 182 Å². The van der Waals surface area contributed by atoms with E-state index in [2.05, 4.69) is 80.9 Å². The fourth-order valence-corrected chi connectivity index (χ4v) is 10.6. The minimum Gasteiger partial charge on any atom is -0.308 e. The molecule has 0 aliphatic rings. The van der Waals surface area contributed by atoms with Crippen LogP contribution in [-0.4, -0.2) is 54.0 Å². The third kappa shape index (κ3) is 7.98. The van der Waals surface area contributed by atoms with Crippen LogP contribution in [0.5, 0.6) is 0 Å². The van der Waals surface area contributed by atoms with Crippen molar-refractivity contribution >= 4 is 43.6 Å². The predicted molar refractivity (Wildman–Crippen MR) is 308 cm³/mol. The van der Waals surface area contributed by atoms with Crippen LogP contribution in [0.25, 0.3) is 135 Å². The van der Waals surface area contributed by atoms with Crippen LogP contribution in [0.2, 0.25) is 0 Å². The Labute approximate surface area is 447 Å². The molecule has 9 aromatic carbocycles. The van der Waals surface area contributed by atoms with Gasteiger partial charge in [-0.3, -0.25) is 0 Å². The van der Waals surface area contributed by atoms with Crippen LogP contribution in [0.15, 0.2) is 218 Å². The van der Waals surface area contributed by atoms with Gasteiger partial charge in [-0.2, -0.15) is 5.26 Å². The fraction of sp³-hybridized carbons (Fsp3) is 0.0303. The highest BCUT2D eigenvalue weighted by Crippen LogP contribution is 2.42. The lowest BCUT2D eigenvalue weighted by Crippen LogP contribution is -2.07. The summed E-state index contributed by atoms with van der Waals surface area (Å²) in [7, 11) is 0. The fourth-order valence-electron chi connectivity index (χ4n) is 10.6. The first-order valence-corrected chi connectivity index (χ1v) is 25.5. The van der Waals surface area contributed by atoms with Crippen molar-refractivity contribution < 1.29 is 0 Å². The Bertz CT molecular complexity index is 4300. The summed E-state index contributed by atoms with van der Waals surface area (Å²) in [6.07, 6.45) is 0. The molecule has 5 heterocycles. The third-order valence-electron chi connectivity index (χ3n) is 14.1. The van der Waals surface area contributed by atoms with E-state index in [4.69, 9.17) is 39.9 Å². The van der Waals surface area contributed by atoms with E-state index in [1.54, 1.807) is 0 Å². The number of aromatic nitrogens is 11. The first-order valence-electron chi connectivity index (χ1n) is 25.5. The van der Waals surface area contributed by atoms with E-state index in [-0.39, 0.29) is 0 Å². The second-order valence-corrected chi connectivity index (χ2v) is 19.0. The SMILES string of the molecule is Cc1nc(C)nc(-c2cc(-n3c4ccccc4c4ccc(-c5nc(-c6ccccc6)nc(-c6ccccc6)n5)cc43)c(C#N)c(-n3c4ccccc4c4ccc(-c5nc(-c6ccccc6)nc(-c6ccccc6)n5)cc43)c2)n1. The zero-order chi connectivity index (χ0) is 52.3. The molecule has 0 bridgehead atoms. The number of benzene rings is 9. The van der Waals surface area contributed by atoms with E-state index in [0.29, 0.717) is 74.9 Å². The topological polar surface area (TPSA) is 150 Å². The van der Waals surface area contributed by atoms with Crippen molar-refractivity contribution in [3.63, 3.8) is 0 Å². The Morgan fingerprint density at radius 2 is 0.590 bits per heavy atom. The highest BCUT2D eigenvalue weighted by Gasteiger charge is 2.25. The molecule has 14 aromatic rings. The van der Waals surface area contributed by atoms with E-state index < -0.39 is 0 Å². The molecule has 0 aliphatic heterocycles. The van der Waals surface area contributed by atoms with E-state index in [1.165, 1.54) is 0 Å². The molecule has 0 atom stereocenters. The van der Waals surface area contributed by atoms with Crippen LogP contribution in [-0.2, 0) is 0 Å². The number of para-hydroxylation sites is 2. The zero-order valence-corrected chi connectivity index (χ0v) is 42.2. The van der Waals surface area contributed by atoms with E-state index in [1.807, 2.05) is 172 Å².